The van der Waals surface area contributed by atoms with Crippen LogP contribution in [0.1, 0.15) is 31.7 Å². The maximum Gasteiger partial charge on any atom is 0.191 e. The molecule has 1 aliphatic heterocycles. The van der Waals surface area contributed by atoms with E-state index < -0.39 is 0 Å². The van der Waals surface area contributed by atoms with Gasteiger partial charge in [0.05, 0.1) is 6.10 Å². The Morgan fingerprint density at radius 3 is 2.77 bits per heavy atom. The lowest BCUT2D eigenvalue weighted by molar-refractivity contribution is 0.113. The molecule has 124 valence electrons. The molecule has 0 radical (unpaired) electrons. The molecule has 5 heteroatoms. The van der Waals surface area contributed by atoms with Crippen molar-refractivity contribution in [2.45, 2.75) is 44.8 Å². The van der Waals surface area contributed by atoms with E-state index in [1.807, 2.05) is 7.05 Å². The van der Waals surface area contributed by atoms with Crippen LogP contribution in [0.25, 0.3) is 0 Å². The number of hydrogen-bond donors (Lipinski definition) is 2. The molecule has 1 aliphatic rings. The van der Waals surface area contributed by atoms with E-state index in [1.165, 1.54) is 12.0 Å². The van der Waals surface area contributed by atoms with E-state index in [-0.39, 0.29) is 24.0 Å². The van der Waals surface area contributed by atoms with E-state index in [2.05, 4.69) is 52.9 Å². The summed E-state index contributed by atoms with van der Waals surface area (Å²) in [6.07, 6.45) is 4.82. The van der Waals surface area contributed by atoms with Crippen molar-refractivity contribution in [2.24, 2.45) is 4.99 Å². The Hall–Kier alpha value is -0.820. The average Bonchev–Trinajstić information content (AvgIpc) is 3.04. The van der Waals surface area contributed by atoms with Crippen LogP contribution in [0.5, 0.6) is 0 Å². The van der Waals surface area contributed by atoms with Gasteiger partial charge in [-0.1, -0.05) is 30.3 Å². The fourth-order valence-corrected chi connectivity index (χ4v) is 2.54. The number of nitrogens with zero attached hydrogens (tertiary/aromatic N) is 1. The summed E-state index contributed by atoms with van der Waals surface area (Å²) in [6.45, 7) is 3.93. The van der Waals surface area contributed by atoms with Gasteiger partial charge in [-0.05, 0) is 38.2 Å². The molecule has 2 N–H and O–H groups in total. The van der Waals surface area contributed by atoms with Gasteiger partial charge in [-0.2, -0.15) is 0 Å². The molecule has 0 amide bonds. The molecule has 2 unspecified atom stereocenters. The second kappa shape index (κ2) is 10.8. The third kappa shape index (κ3) is 6.96. The summed E-state index contributed by atoms with van der Waals surface area (Å²) < 4.78 is 5.61. The molecular weight excluding hydrogens is 389 g/mol. The standard InChI is InChI=1S/C17H27N3O.HI/c1-14(10-11-15-7-4-3-5-8-15)20-17(18-2)19-13-16-9-6-12-21-16;/h3-5,7-8,14,16H,6,9-13H2,1-2H3,(H2,18,19,20);1H. The van der Waals surface area contributed by atoms with Crippen molar-refractivity contribution in [3.8, 4) is 0 Å². The van der Waals surface area contributed by atoms with Crippen molar-refractivity contribution < 1.29 is 4.74 Å². The lowest BCUT2D eigenvalue weighted by Gasteiger charge is -2.19. The number of guanidine groups is 1. The number of ether oxygens (including phenoxy) is 1. The van der Waals surface area contributed by atoms with E-state index in [4.69, 9.17) is 4.74 Å². The number of benzene rings is 1. The molecule has 2 atom stereocenters. The van der Waals surface area contributed by atoms with Gasteiger partial charge in [0.1, 0.15) is 0 Å². The predicted octanol–water partition coefficient (Wildman–Crippen LogP) is 2.97. The van der Waals surface area contributed by atoms with Gasteiger partial charge in [0.25, 0.3) is 0 Å². The molecule has 1 fully saturated rings. The molecule has 1 saturated heterocycles. The van der Waals surface area contributed by atoms with Crippen LogP contribution in [-0.2, 0) is 11.2 Å². The first-order valence-electron chi connectivity index (χ1n) is 7.90. The smallest absolute Gasteiger partial charge is 0.191 e. The van der Waals surface area contributed by atoms with Gasteiger partial charge in [0.15, 0.2) is 5.96 Å². The summed E-state index contributed by atoms with van der Waals surface area (Å²) in [5, 5.41) is 6.80. The van der Waals surface area contributed by atoms with Crippen LogP contribution < -0.4 is 10.6 Å². The molecule has 22 heavy (non-hydrogen) atoms. The summed E-state index contributed by atoms with van der Waals surface area (Å²) in [7, 11) is 1.81. The molecule has 1 aromatic carbocycles. The third-order valence-corrected chi connectivity index (χ3v) is 3.84. The van der Waals surface area contributed by atoms with E-state index in [1.54, 1.807) is 0 Å². The lowest BCUT2D eigenvalue weighted by Crippen LogP contribution is -2.44. The summed E-state index contributed by atoms with van der Waals surface area (Å²) in [5.41, 5.74) is 1.38. The summed E-state index contributed by atoms with van der Waals surface area (Å²) in [4.78, 5) is 4.28. The predicted molar refractivity (Wildman–Crippen MR) is 103 cm³/mol. The number of hydrogen-bond acceptors (Lipinski definition) is 2. The van der Waals surface area contributed by atoms with Crippen LogP contribution in [0.4, 0.5) is 0 Å². The average molecular weight is 417 g/mol. The van der Waals surface area contributed by atoms with E-state index in [0.29, 0.717) is 12.1 Å². The van der Waals surface area contributed by atoms with E-state index in [9.17, 15) is 0 Å². The zero-order valence-corrected chi connectivity index (χ0v) is 15.9. The highest BCUT2D eigenvalue weighted by Crippen LogP contribution is 2.10. The SMILES string of the molecule is CN=C(NCC1CCCO1)NC(C)CCc1ccccc1.I. The molecule has 0 saturated carbocycles. The summed E-state index contributed by atoms with van der Waals surface area (Å²) in [6, 6.07) is 11.0. The molecule has 0 bridgehead atoms. The van der Waals surface area contributed by atoms with Crippen LogP contribution in [0.15, 0.2) is 35.3 Å². The minimum absolute atomic E-state index is 0. The Morgan fingerprint density at radius 2 is 2.14 bits per heavy atom. The molecule has 0 spiro atoms. The normalized spacial score (nSPS) is 19.4. The highest BCUT2D eigenvalue weighted by molar-refractivity contribution is 14.0. The van der Waals surface area contributed by atoms with Gasteiger partial charge >= 0.3 is 0 Å². The van der Waals surface area contributed by atoms with Crippen molar-refractivity contribution >= 4 is 29.9 Å². The van der Waals surface area contributed by atoms with Crippen molar-refractivity contribution in [1.29, 1.82) is 0 Å². The van der Waals surface area contributed by atoms with Crippen LogP contribution in [0.2, 0.25) is 0 Å². The zero-order valence-electron chi connectivity index (χ0n) is 13.5. The Bertz CT molecular complexity index is 433. The Balaban J connectivity index is 0.00000242. The molecule has 0 aliphatic carbocycles. The number of aliphatic imine (C=N–C) groups is 1. The van der Waals surface area contributed by atoms with Gasteiger partial charge in [0, 0.05) is 26.2 Å². The van der Waals surface area contributed by atoms with Crippen LogP contribution in [-0.4, -0.2) is 38.3 Å². The Morgan fingerprint density at radius 1 is 1.36 bits per heavy atom. The van der Waals surface area contributed by atoms with Gasteiger partial charge < -0.3 is 15.4 Å². The number of rotatable bonds is 6. The minimum Gasteiger partial charge on any atom is -0.376 e. The number of nitrogens with one attached hydrogen (secondary N) is 2. The minimum atomic E-state index is 0. The quantitative estimate of drug-likeness (QED) is 0.425. The highest BCUT2D eigenvalue weighted by Gasteiger charge is 2.15. The molecule has 0 aromatic heterocycles. The van der Waals surface area contributed by atoms with Crippen LogP contribution >= 0.6 is 24.0 Å². The number of halogens is 1. The Kier molecular flexibility index (Phi) is 9.47. The van der Waals surface area contributed by atoms with Crippen molar-refractivity contribution in [3.63, 3.8) is 0 Å². The molecule has 1 heterocycles. The van der Waals surface area contributed by atoms with Gasteiger partial charge in [-0.15, -0.1) is 24.0 Å². The zero-order chi connectivity index (χ0) is 14.9. The summed E-state index contributed by atoms with van der Waals surface area (Å²) in [5.74, 6) is 0.867. The van der Waals surface area contributed by atoms with Crippen LogP contribution in [0.3, 0.4) is 0 Å². The highest BCUT2D eigenvalue weighted by atomic mass is 127. The maximum absolute atomic E-state index is 5.61. The van der Waals surface area contributed by atoms with Crippen molar-refractivity contribution in [1.82, 2.24) is 10.6 Å². The third-order valence-electron chi connectivity index (χ3n) is 3.84. The van der Waals surface area contributed by atoms with Gasteiger partial charge in [-0.3, -0.25) is 4.99 Å². The lowest BCUT2D eigenvalue weighted by atomic mass is 10.1. The molecule has 2 rings (SSSR count). The van der Waals surface area contributed by atoms with Crippen molar-refractivity contribution in [2.75, 3.05) is 20.2 Å². The van der Waals surface area contributed by atoms with Crippen LogP contribution in [0, 0.1) is 0 Å². The fourth-order valence-electron chi connectivity index (χ4n) is 2.54. The second-order valence-electron chi connectivity index (χ2n) is 5.66. The first-order chi connectivity index (χ1) is 10.3. The molecule has 1 aromatic rings. The molecular formula is C17H28IN3O. The van der Waals surface area contributed by atoms with Crippen molar-refractivity contribution in [3.05, 3.63) is 35.9 Å². The number of aryl methyl sites for hydroxylation is 1. The monoisotopic (exact) mass is 417 g/mol. The molecule has 4 nitrogen and oxygen atoms in total. The first-order valence-corrected chi connectivity index (χ1v) is 7.90. The second-order valence-corrected chi connectivity index (χ2v) is 5.66. The van der Waals surface area contributed by atoms with Gasteiger partial charge in [-0.25, -0.2) is 0 Å². The Labute approximate surface area is 151 Å². The maximum atomic E-state index is 5.61. The van der Waals surface area contributed by atoms with E-state index in [0.717, 1.165) is 38.4 Å². The van der Waals surface area contributed by atoms with Gasteiger partial charge in [0.2, 0.25) is 0 Å². The summed E-state index contributed by atoms with van der Waals surface area (Å²) >= 11 is 0. The van der Waals surface area contributed by atoms with E-state index >= 15 is 0 Å². The fraction of sp³-hybridized carbons (Fsp3) is 0.588. The topological polar surface area (TPSA) is 45.7 Å². The first kappa shape index (κ1) is 19.2. The largest absolute Gasteiger partial charge is 0.376 e.